The second-order valence-electron chi connectivity index (χ2n) is 3.90. The Hall–Kier alpha value is -1.28. The number of nitriles is 1. The Balaban J connectivity index is 1.84. The summed E-state index contributed by atoms with van der Waals surface area (Å²) in [5.74, 6) is 1.22. The van der Waals surface area contributed by atoms with Crippen molar-refractivity contribution in [3.8, 4) is 6.07 Å². The van der Waals surface area contributed by atoms with E-state index in [1.165, 1.54) is 37.2 Å². The molecule has 1 saturated carbocycles. The highest BCUT2D eigenvalue weighted by Crippen LogP contribution is 2.30. The first-order valence-corrected chi connectivity index (χ1v) is 5.97. The average molecular weight is 222 g/mol. The summed E-state index contributed by atoms with van der Waals surface area (Å²) in [6.07, 6.45) is 5.28. The van der Waals surface area contributed by atoms with Crippen molar-refractivity contribution in [2.75, 3.05) is 17.6 Å². The van der Waals surface area contributed by atoms with Crippen molar-refractivity contribution in [1.82, 2.24) is 4.37 Å². The Morgan fingerprint density at radius 2 is 2.40 bits per heavy atom. The predicted molar refractivity (Wildman–Crippen MR) is 61.7 cm³/mol. The van der Waals surface area contributed by atoms with E-state index in [9.17, 15) is 0 Å². The van der Waals surface area contributed by atoms with Crippen LogP contribution in [0.3, 0.4) is 0 Å². The zero-order valence-electron chi connectivity index (χ0n) is 8.49. The standard InChI is InChI=1S/C10H14N4S/c11-6-8-9(12)14-15-10(8)13-5-4-7-2-1-3-7/h7,13H,1-5H2,(H2,12,14). The molecule has 0 atom stereocenters. The fraction of sp³-hybridized carbons (Fsp3) is 0.600. The molecule has 0 aliphatic heterocycles. The van der Waals surface area contributed by atoms with Crippen molar-refractivity contribution in [3.63, 3.8) is 0 Å². The van der Waals surface area contributed by atoms with Crippen LogP contribution in [0, 0.1) is 17.2 Å². The zero-order valence-corrected chi connectivity index (χ0v) is 9.31. The molecule has 3 N–H and O–H groups in total. The van der Waals surface area contributed by atoms with Gasteiger partial charge in [0.1, 0.15) is 16.6 Å². The van der Waals surface area contributed by atoms with E-state index >= 15 is 0 Å². The number of aromatic nitrogens is 1. The van der Waals surface area contributed by atoms with Crippen molar-refractivity contribution in [1.29, 1.82) is 5.26 Å². The molecule has 0 unspecified atom stereocenters. The van der Waals surface area contributed by atoms with Crippen molar-refractivity contribution in [3.05, 3.63) is 5.56 Å². The smallest absolute Gasteiger partial charge is 0.157 e. The molecule has 80 valence electrons. The summed E-state index contributed by atoms with van der Waals surface area (Å²) in [6.45, 7) is 0.918. The quantitative estimate of drug-likeness (QED) is 0.819. The van der Waals surface area contributed by atoms with E-state index < -0.39 is 0 Å². The molecule has 0 aromatic carbocycles. The van der Waals surface area contributed by atoms with Crippen LogP contribution in [0.1, 0.15) is 31.2 Å². The van der Waals surface area contributed by atoms with E-state index in [-0.39, 0.29) is 0 Å². The van der Waals surface area contributed by atoms with E-state index in [1.54, 1.807) is 0 Å². The highest BCUT2D eigenvalue weighted by atomic mass is 32.1. The third-order valence-corrected chi connectivity index (χ3v) is 3.71. The first kappa shape index (κ1) is 10.2. The number of hydrogen-bond acceptors (Lipinski definition) is 5. The molecule has 15 heavy (non-hydrogen) atoms. The summed E-state index contributed by atoms with van der Waals surface area (Å²) in [4.78, 5) is 0. The number of nitrogens with zero attached hydrogens (tertiary/aromatic N) is 2. The monoisotopic (exact) mass is 222 g/mol. The number of rotatable bonds is 4. The van der Waals surface area contributed by atoms with Crippen LogP contribution in [0.15, 0.2) is 0 Å². The van der Waals surface area contributed by atoms with Gasteiger partial charge in [0, 0.05) is 6.54 Å². The van der Waals surface area contributed by atoms with Gasteiger partial charge in [-0.05, 0) is 23.9 Å². The fourth-order valence-corrected chi connectivity index (χ4v) is 2.39. The van der Waals surface area contributed by atoms with Crippen molar-refractivity contribution in [2.45, 2.75) is 25.7 Å². The minimum Gasteiger partial charge on any atom is -0.382 e. The number of nitrogens with one attached hydrogen (secondary N) is 1. The molecular weight excluding hydrogens is 208 g/mol. The van der Waals surface area contributed by atoms with E-state index in [0.717, 1.165) is 17.5 Å². The summed E-state index contributed by atoms with van der Waals surface area (Å²) in [6, 6.07) is 2.07. The number of nitrogen functional groups attached to an aromatic ring is 1. The lowest BCUT2D eigenvalue weighted by Gasteiger charge is -2.25. The van der Waals surface area contributed by atoms with Gasteiger partial charge in [0.05, 0.1) is 0 Å². The van der Waals surface area contributed by atoms with Gasteiger partial charge in [0.25, 0.3) is 0 Å². The first-order valence-electron chi connectivity index (χ1n) is 5.20. The van der Waals surface area contributed by atoms with Gasteiger partial charge >= 0.3 is 0 Å². The molecule has 4 nitrogen and oxygen atoms in total. The summed E-state index contributed by atoms with van der Waals surface area (Å²) in [7, 11) is 0. The lowest BCUT2D eigenvalue weighted by Crippen LogP contribution is -2.15. The Labute approximate surface area is 93.3 Å². The lowest BCUT2D eigenvalue weighted by molar-refractivity contribution is 0.303. The third-order valence-electron chi connectivity index (χ3n) is 2.89. The van der Waals surface area contributed by atoms with Gasteiger partial charge in [-0.15, -0.1) is 0 Å². The van der Waals surface area contributed by atoms with Gasteiger partial charge in [-0.2, -0.15) is 9.64 Å². The second-order valence-corrected chi connectivity index (χ2v) is 4.67. The van der Waals surface area contributed by atoms with Crippen LogP contribution < -0.4 is 11.1 Å². The van der Waals surface area contributed by atoms with Gasteiger partial charge in [-0.3, -0.25) is 0 Å². The van der Waals surface area contributed by atoms with Gasteiger partial charge in [-0.1, -0.05) is 19.3 Å². The number of hydrogen-bond donors (Lipinski definition) is 2. The van der Waals surface area contributed by atoms with Gasteiger partial charge in [-0.25, -0.2) is 0 Å². The molecule has 0 amide bonds. The van der Waals surface area contributed by atoms with Crippen LogP contribution in [-0.2, 0) is 0 Å². The maximum absolute atomic E-state index is 8.85. The molecule has 0 saturated heterocycles. The minimum atomic E-state index is 0.341. The Morgan fingerprint density at radius 3 is 3.00 bits per heavy atom. The largest absolute Gasteiger partial charge is 0.382 e. The number of anilines is 2. The molecule has 1 heterocycles. The van der Waals surface area contributed by atoms with Crippen LogP contribution in [0.5, 0.6) is 0 Å². The normalized spacial score (nSPS) is 15.7. The van der Waals surface area contributed by atoms with Crippen LogP contribution in [0.25, 0.3) is 0 Å². The molecule has 0 radical (unpaired) electrons. The lowest BCUT2D eigenvalue weighted by atomic mass is 9.83. The molecule has 5 heteroatoms. The van der Waals surface area contributed by atoms with E-state index in [1.807, 2.05) is 0 Å². The summed E-state index contributed by atoms with van der Waals surface area (Å²) < 4.78 is 3.95. The van der Waals surface area contributed by atoms with Crippen LogP contribution in [0.4, 0.5) is 10.8 Å². The van der Waals surface area contributed by atoms with Crippen molar-refractivity contribution in [2.24, 2.45) is 5.92 Å². The van der Waals surface area contributed by atoms with Crippen LogP contribution >= 0.6 is 11.5 Å². The summed E-state index contributed by atoms with van der Waals surface area (Å²) in [5.41, 5.74) is 6.05. The predicted octanol–water partition coefficient (Wildman–Crippen LogP) is 2.20. The van der Waals surface area contributed by atoms with Gasteiger partial charge in [0.2, 0.25) is 0 Å². The highest BCUT2D eigenvalue weighted by molar-refractivity contribution is 7.10. The average Bonchev–Trinajstić information content (AvgIpc) is 2.51. The Bertz CT molecular complexity index is 375. The zero-order chi connectivity index (χ0) is 10.7. The van der Waals surface area contributed by atoms with E-state index in [4.69, 9.17) is 11.0 Å². The number of nitrogens with two attached hydrogens (primary N) is 1. The molecule has 0 bridgehead atoms. The first-order chi connectivity index (χ1) is 7.31. The molecule has 1 fully saturated rings. The Kier molecular flexibility index (Phi) is 3.07. The molecular formula is C10H14N4S. The maximum Gasteiger partial charge on any atom is 0.157 e. The SMILES string of the molecule is N#Cc1c(N)nsc1NCCC1CCC1. The van der Waals surface area contributed by atoms with Crippen LogP contribution in [0.2, 0.25) is 0 Å². The molecule has 2 rings (SSSR count). The van der Waals surface area contributed by atoms with Crippen molar-refractivity contribution >= 4 is 22.4 Å². The topological polar surface area (TPSA) is 74.7 Å². The highest BCUT2D eigenvalue weighted by Gasteiger charge is 2.17. The minimum absolute atomic E-state index is 0.341. The third kappa shape index (κ3) is 2.21. The van der Waals surface area contributed by atoms with E-state index in [2.05, 4.69) is 15.8 Å². The fourth-order valence-electron chi connectivity index (χ4n) is 1.70. The van der Waals surface area contributed by atoms with E-state index in [0.29, 0.717) is 11.4 Å². The second kappa shape index (κ2) is 4.49. The molecule has 1 aromatic rings. The summed E-state index contributed by atoms with van der Waals surface area (Å²) in [5, 5.41) is 12.9. The maximum atomic E-state index is 8.85. The van der Waals surface area contributed by atoms with Crippen LogP contribution in [-0.4, -0.2) is 10.9 Å². The molecule has 1 aliphatic rings. The van der Waals surface area contributed by atoms with Crippen molar-refractivity contribution < 1.29 is 0 Å². The van der Waals surface area contributed by atoms with Gasteiger partial charge in [0.15, 0.2) is 5.82 Å². The summed E-state index contributed by atoms with van der Waals surface area (Å²) >= 11 is 1.27. The molecule has 1 aromatic heterocycles. The molecule has 1 aliphatic carbocycles. The molecule has 0 spiro atoms. The van der Waals surface area contributed by atoms with Gasteiger partial charge < -0.3 is 11.1 Å². The Morgan fingerprint density at radius 1 is 1.60 bits per heavy atom.